The Hall–Kier alpha value is -2.88. The molecule has 0 amide bonds. The van der Waals surface area contributed by atoms with Gasteiger partial charge in [-0.15, -0.1) is 0 Å². The molecule has 0 radical (unpaired) electrons. The fourth-order valence-electron chi connectivity index (χ4n) is 2.81. The third-order valence-corrected chi connectivity index (χ3v) is 4.70. The second kappa shape index (κ2) is 8.21. The molecule has 9 nitrogen and oxygen atoms in total. The van der Waals surface area contributed by atoms with Crippen LogP contribution in [0.1, 0.15) is 5.56 Å². The van der Waals surface area contributed by atoms with Crippen molar-refractivity contribution in [3.8, 4) is 0 Å². The van der Waals surface area contributed by atoms with Crippen LogP contribution in [0.2, 0.25) is 0 Å². The lowest BCUT2D eigenvalue weighted by Gasteiger charge is -2.35. The molecule has 10 heteroatoms. The van der Waals surface area contributed by atoms with E-state index in [2.05, 4.69) is 24.6 Å². The highest BCUT2D eigenvalue weighted by atomic mass is 32.2. The van der Waals surface area contributed by atoms with Gasteiger partial charge in [-0.1, -0.05) is 12.1 Å². The van der Waals surface area contributed by atoms with Crippen molar-refractivity contribution in [1.29, 1.82) is 0 Å². The minimum Gasteiger partial charge on any atom is -0.370 e. The van der Waals surface area contributed by atoms with Crippen LogP contribution in [0, 0.1) is 0 Å². The second-order valence-electron chi connectivity index (χ2n) is 6.27. The first kappa shape index (κ1) is 18.9. The number of nitrogens with zero attached hydrogens (tertiary/aromatic N) is 5. The SMILES string of the molecule is CS(=O)(=O)Nc1cccc(CN=C(N)N2CCN(c3ncccn3)CC2)c1. The van der Waals surface area contributed by atoms with Gasteiger partial charge in [0.25, 0.3) is 0 Å². The van der Waals surface area contributed by atoms with Gasteiger partial charge in [0.1, 0.15) is 0 Å². The fraction of sp³-hybridized carbons (Fsp3) is 0.353. The molecule has 0 aliphatic carbocycles. The zero-order chi connectivity index (χ0) is 19.3. The summed E-state index contributed by atoms with van der Waals surface area (Å²) in [7, 11) is -3.30. The van der Waals surface area contributed by atoms with Crippen LogP contribution in [-0.2, 0) is 16.6 Å². The molecule has 0 atom stereocenters. The van der Waals surface area contributed by atoms with Crippen LogP contribution in [0.3, 0.4) is 0 Å². The molecule has 1 saturated heterocycles. The Kier molecular flexibility index (Phi) is 5.75. The largest absolute Gasteiger partial charge is 0.370 e. The van der Waals surface area contributed by atoms with Crippen LogP contribution in [0.4, 0.5) is 11.6 Å². The van der Waals surface area contributed by atoms with Crippen LogP contribution < -0.4 is 15.4 Å². The summed E-state index contributed by atoms with van der Waals surface area (Å²) in [6.07, 6.45) is 4.59. The van der Waals surface area contributed by atoms with Crippen molar-refractivity contribution in [3.63, 3.8) is 0 Å². The van der Waals surface area contributed by atoms with E-state index in [1.54, 1.807) is 36.7 Å². The molecule has 1 aromatic heterocycles. The van der Waals surface area contributed by atoms with E-state index < -0.39 is 10.0 Å². The number of guanidine groups is 1. The topological polar surface area (TPSA) is 117 Å². The van der Waals surface area contributed by atoms with Crippen molar-refractivity contribution >= 4 is 27.6 Å². The first-order valence-electron chi connectivity index (χ1n) is 8.54. The van der Waals surface area contributed by atoms with Crippen LogP contribution in [0.25, 0.3) is 0 Å². The molecule has 0 bridgehead atoms. The van der Waals surface area contributed by atoms with Gasteiger partial charge >= 0.3 is 0 Å². The molecule has 1 aliphatic rings. The molecule has 2 heterocycles. The van der Waals surface area contributed by atoms with Crippen molar-refractivity contribution < 1.29 is 8.42 Å². The minimum absolute atomic E-state index is 0.382. The number of nitrogens with two attached hydrogens (primary N) is 1. The highest BCUT2D eigenvalue weighted by molar-refractivity contribution is 7.92. The highest BCUT2D eigenvalue weighted by Gasteiger charge is 2.19. The van der Waals surface area contributed by atoms with Crippen LogP contribution in [-0.4, -0.2) is 61.7 Å². The Bertz CT molecular complexity index is 895. The number of hydrogen-bond acceptors (Lipinski definition) is 6. The van der Waals surface area contributed by atoms with Crippen molar-refractivity contribution in [2.75, 3.05) is 42.1 Å². The Labute approximate surface area is 159 Å². The molecular weight excluding hydrogens is 366 g/mol. The van der Waals surface area contributed by atoms with E-state index in [4.69, 9.17) is 5.73 Å². The summed E-state index contributed by atoms with van der Waals surface area (Å²) >= 11 is 0. The van der Waals surface area contributed by atoms with Gasteiger partial charge in [-0.05, 0) is 23.8 Å². The van der Waals surface area contributed by atoms with E-state index >= 15 is 0 Å². The van der Waals surface area contributed by atoms with E-state index in [0.717, 1.165) is 43.9 Å². The molecule has 1 aromatic carbocycles. The van der Waals surface area contributed by atoms with Crippen molar-refractivity contribution in [1.82, 2.24) is 14.9 Å². The molecule has 0 unspecified atom stereocenters. The Balaban J connectivity index is 1.56. The zero-order valence-corrected chi connectivity index (χ0v) is 15.9. The summed E-state index contributed by atoms with van der Waals surface area (Å²) in [6, 6.07) is 8.91. The number of sulfonamides is 1. The third-order valence-electron chi connectivity index (χ3n) is 4.09. The molecule has 27 heavy (non-hydrogen) atoms. The molecule has 2 aromatic rings. The molecule has 144 valence electrons. The maximum atomic E-state index is 11.3. The van der Waals surface area contributed by atoms with Gasteiger partial charge in [-0.2, -0.15) is 0 Å². The predicted octanol–water partition coefficient (Wildman–Crippen LogP) is 0.485. The van der Waals surface area contributed by atoms with Gasteiger partial charge in [0, 0.05) is 44.3 Å². The second-order valence-corrected chi connectivity index (χ2v) is 8.02. The molecule has 0 spiro atoms. The normalized spacial score (nSPS) is 15.7. The number of nitrogens with one attached hydrogen (secondary N) is 1. The number of aromatic nitrogens is 2. The first-order valence-corrected chi connectivity index (χ1v) is 10.4. The number of hydrogen-bond donors (Lipinski definition) is 2. The van der Waals surface area contributed by atoms with E-state index in [1.165, 1.54) is 0 Å². The molecule has 1 aliphatic heterocycles. The van der Waals surface area contributed by atoms with Gasteiger partial charge < -0.3 is 15.5 Å². The van der Waals surface area contributed by atoms with Gasteiger partial charge in [0.15, 0.2) is 5.96 Å². The fourth-order valence-corrected chi connectivity index (χ4v) is 3.36. The number of anilines is 2. The molecular formula is C17H23N7O2S. The summed E-state index contributed by atoms with van der Waals surface area (Å²) in [6.45, 7) is 3.40. The van der Waals surface area contributed by atoms with Gasteiger partial charge in [-0.3, -0.25) is 4.72 Å². The van der Waals surface area contributed by atoms with Crippen LogP contribution in [0.5, 0.6) is 0 Å². The number of benzene rings is 1. The van der Waals surface area contributed by atoms with Crippen molar-refractivity contribution in [2.24, 2.45) is 10.7 Å². The number of aliphatic imine (C=N–C) groups is 1. The average molecular weight is 389 g/mol. The summed E-state index contributed by atoms with van der Waals surface area (Å²) < 4.78 is 25.1. The maximum absolute atomic E-state index is 11.3. The maximum Gasteiger partial charge on any atom is 0.229 e. The lowest BCUT2D eigenvalue weighted by atomic mass is 10.2. The number of rotatable bonds is 5. The molecule has 3 N–H and O–H groups in total. The van der Waals surface area contributed by atoms with Gasteiger partial charge in [-0.25, -0.2) is 23.4 Å². The Morgan fingerprint density at radius 2 is 1.89 bits per heavy atom. The van der Waals surface area contributed by atoms with Crippen molar-refractivity contribution in [2.45, 2.75) is 6.54 Å². The minimum atomic E-state index is -3.30. The highest BCUT2D eigenvalue weighted by Crippen LogP contribution is 2.13. The van der Waals surface area contributed by atoms with Crippen molar-refractivity contribution in [3.05, 3.63) is 48.3 Å². The zero-order valence-electron chi connectivity index (χ0n) is 15.1. The quantitative estimate of drug-likeness (QED) is 0.564. The Morgan fingerprint density at radius 1 is 1.19 bits per heavy atom. The Morgan fingerprint density at radius 3 is 2.56 bits per heavy atom. The van der Waals surface area contributed by atoms with Gasteiger partial charge in [0.05, 0.1) is 12.8 Å². The first-order chi connectivity index (χ1) is 12.9. The molecule has 3 rings (SSSR count). The average Bonchev–Trinajstić information content (AvgIpc) is 2.66. The monoisotopic (exact) mass is 389 g/mol. The van der Waals surface area contributed by atoms with E-state index in [-0.39, 0.29) is 0 Å². The lowest BCUT2D eigenvalue weighted by molar-refractivity contribution is 0.378. The van der Waals surface area contributed by atoms with Crippen LogP contribution in [0.15, 0.2) is 47.7 Å². The predicted molar refractivity (Wildman–Crippen MR) is 106 cm³/mol. The summed E-state index contributed by atoms with van der Waals surface area (Å²) in [4.78, 5) is 17.1. The molecule has 1 fully saturated rings. The summed E-state index contributed by atoms with van der Waals surface area (Å²) in [5.41, 5.74) is 7.53. The third kappa shape index (κ3) is 5.55. The summed E-state index contributed by atoms with van der Waals surface area (Å²) in [5.74, 6) is 1.20. The van der Waals surface area contributed by atoms with E-state index in [9.17, 15) is 8.42 Å². The van der Waals surface area contributed by atoms with E-state index in [0.29, 0.717) is 18.2 Å². The van der Waals surface area contributed by atoms with Gasteiger partial charge in [0.2, 0.25) is 16.0 Å². The molecule has 0 saturated carbocycles. The summed E-state index contributed by atoms with van der Waals surface area (Å²) in [5, 5.41) is 0. The lowest BCUT2D eigenvalue weighted by Crippen LogP contribution is -2.51. The smallest absolute Gasteiger partial charge is 0.229 e. The van der Waals surface area contributed by atoms with E-state index in [1.807, 2.05) is 11.0 Å². The number of piperazine rings is 1. The van der Waals surface area contributed by atoms with Crippen LogP contribution >= 0.6 is 0 Å². The standard InChI is InChI=1S/C17H23N7O2S/c1-27(25,26)22-15-5-2-4-14(12-15)13-21-16(18)23-8-10-24(11-9-23)17-19-6-3-7-20-17/h2-7,12,22H,8-11,13H2,1H3,(H2,18,21).